The third kappa shape index (κ3) is 7.63. The average molecular weight is 384 g/mol. The van der Waals surface area contributed by atoms with E-state index in [0.29, 0.717) is 0 Å². The molecule has 0 heterocycles. The second-order valence-electron chi connectivity index (χ2n) is 5.02. The van der Waals surface area contributed by atoms with Crippen LogP contribution in [0.1, 0.15) is 32.6 Å². The van der Waals surface area contributed by atoms with Gasteiger partial charge in [0.1, 0.15) is 0 Å². The molecular weight excluding hydrogens is 364 g/mol. The number of nitriles is 2. The van der Waals surface area contributed by atoms with Crippen LogP contribution >= 0.6 is 0 Å². The van der Waals surface area contributed by atoms with Crippen LogP contribution in [0.4, 0.5) is 17.6 Å². The number of ether oxygens (including phenoxy) is 1. The number of carboxylic acid groups (broad SMARTS) is 1. The molecule has 0 aliphatic heterocycles. The van der Waals surface area contributed by atoms with Gasteiger partial charge in [-0.1, -0.05) is 0 Å². The highest BCUT2D eigenvalue weighted by molar-refractivity contribution is 5.81. The highest BCUT2D eigenvalue weighted by atomic mass is 19.3. The monoisotopic (exact) mass is 384 g/mol. The zero-order chi connectivity index (χ0) is 21.0. The van der Waals surface area contributed by atoms with Crippen molar-refractivity contribution < 1.29 is 37.0 Å². The van der Waals surface area contributed by atoms with Gasteiger partial charge in [0.15, 0.2) is 11.1 Å². The molecule has 0 aliphatic rings. The molecule has 0 aliphatic carbocycles. The summed E-state index contributed by atoms with van der Waals surface area (Å²) in [6.07, 6.45) is -7.65. The number of rotatable bonds is 9. The minimum Gasteiger partial charge on any atom is -0.480 e. The molecule has 0 rings (SSSR count). The Morgan fingerprint density at radius 2 is 1.42 bits per heavy atom. The number of halogens is 4. The Bertz CT molecular complexity index is 550. The van der Waals surface area contributed by atoms with Crippen molar-refractivity contribution in [3.8, 4) is 12.1 Å². The SMILES string of the molecule is CCOC(=O)C(N)(CCC#N)C(F)F.N#CCCC(N)(C(=O)O)C(F)F. The number of carbonyl (C=O) groups excluding carboxylic acids is 1. The first-order valence-corrected chi connectivity index (χ1v) is 7.22. The Balaban J connectivity index is 0. The normalized spacial score (nSPS) is 14.9. The predicted molar refractivity (Wildman–Crippen MR) is 79.8 cm³/mol. The van der Waals surface area contributed by atoms with Crippen LogP contribution in [0.3, 0.4) is 0 Å². The van der Waals surface area contributed by atoms with Gasteiger partial charge in [-0.15, -0.1) is 0 Å². The van der Waals surface area contributed by atoms with E-state index < -0.39 is 48.7 Å². The van der Waals surface area contributed by atoms with E-state index >= 15 is 0 Å². The summed E-state index contributed by atoms with van der Waals surface area (Å²) in [5.74, 6) is -2.95. The lowest BCUT2D eigenvalue weighted by molar-refractivity contribution is -0.156. The van der Waals surface area contributed by atoms with E-state index in [1.807, 2.05) is 0 Å². The third-order valence-corrected chi connectivity index (χ3v) is 3.13. The van der Waals surface area contributed by atoms with Crippen LogP contribution < -0.4 is 11.5 Å². The number of nitrogens with two attached hydrogens (primary N) is 2. The molecule has 0 amide bonds. The highest BCUT2D eigenvalue weighted by Crippen LogP contribution is 2.21. The van der Waals surface area contributed by atoms with Crippen molar-refractivity contribution in [3.63, 3.8) is 0 Å². The topological polar surface area (TPSA) is 163 Å². The zero-order valence-electron chi connectivity index (χ0n) is 13.9. The van der Waals surface area contributed by atoms with Crippen molar-refractivity contribution >= 4 is 11.9 Å². The maximum atomic E-state index is 12.4. The quantitative estimate of drug-likeness (QED) is 0.394. The second kappa shape index (κ2) is 12.0. The number of hydrogen-bond donors (Lipinski definition) is 3. The van der Waals surface area contributed by atoms with Gasteiger partial charge in [-0.3, -0.25) is 0 Å². The summed E-state index contributed by atoms with van der Waals surface area (Å²) in [6, 6.07) is 3.21. The molecule has 8 nitrogen and oxygen atoms in total. The molecule has 0 saturated heterocycles. The van der Waals surface area contributed by atoms with Crippen LogP contribution in [-0.4, -0.2) is 47.6 Å². The van der Waals surface area contributed by atoms with Crippen LogP contribution in [0.5, 0.6) is 0 Å². The number of esters is 1. The van der Waals surface area contributed by atoms with Gasteiger partial charge in [-0.2, -0.15) is 10.5 Å². The maximum Gasteiger partial charge on any atom is 0.332 e. The van der Waals surface area contributed by atoms with Gasteiger partial charge in [-0.05, 0) is 19.8 Å². The van der Waals surface area contributed by atoms with Gasteiger partial charge in [0, 0.05) is 12.8 Å². The Hall–Kier alpha value is -2.44. The van der Waals surface area contributed by atoms with Gasteiger partial charge in [-0.25, -0.2) is 27.2 Å². The zero-order valence-corrected chi connectivity index (χ0v) is 13.9. The van der Waals surface area contributed by atoms with Crippen LogP contribution in [0.25, 0.3) is 0 Å². The predicted octanol–water partition coefficient (Wildman–Crippen LogP) is 1.15. The van der Waals surface area contributed by atoms with Crippen LogP contribution in [0.15, 0.2) is 0 Å². The van der Waals surface area contributed by atoms with Gasteiger partial charge in [0.05, 0.1) is 18.7 Å². The van der Waals surface area contributed by atoms with Gasteiger partial charge in [0.25, 0.3) is 12.9 Å². The largest absolute Gasteiger partial charge is 0.480 e. The Morgan fingerprint density at radius 3 is 1.69 bits per heavy atom. The van der Waals surface area contributed by atoms with Crippen molar-refractivity contribution in [2.75, 3.05) is 6.61 Å². The van der Waals surface area contributed by atoms with Crippen LogP contribution in [-0.2, 0) is 14.3 Å². The molecule has 148 valence electrons. The molecule has 0 aromatic rings. The fourth-order valence-electron chi connectivity index (χ4n) is 1.40. The van der Waals surface area contributed by atoms with E-state index in [1.54, 1.807) is 12.1 Å². The number of carboxylic acids is 1. The fraction of sp³-hybridized carbons (Fsp3) is 0.714. The molecule has 0 aromatic heterocycles. The maximum absolute atomic E-state index is 12.4. The van der Waals surface area contributed by atoms with Crippen molar-refractivity contribution in [1.82, 2.24) is 0 Å². The number of carbonyl (C=O) groups is 2. The molecule has 0 spiro atoms. The van der Waals surface area contributed by atoms with Gasteiger partial charge in [0.2, 0.25) is 0 Å². The molecule has 0 saturated carbocycles. The van der Waals surface area contributed by atoms with E-state index in [0.717, 1.165) is 0 Å². The molecule has 0 bridgehead atoms. The first-order valence-electron chi connectivity index (χ1n) is 7.22. The van der Waals surface area contributed by atoms with E-state index in [-0.39, 0.29) is 19.4 Å². The minimum absolute atomic E-state index is 0.0168. The molecule has 0 radical (unpaired) electrons. The summed E-state index contributed by atoms with van der Waals surface area (Å²) in [5.41, 5.74) is 5.11. The molecular formula is C14H20F4N4O4. The summed E-state index contributed by atoms with van der Waals surface area (Å²) >= 11 is 0. The lowest BCUT2D eigenvalue weighted by Crippen LogP contribution is -2.55. The number of aliphatic carboxylic acids is 1. The lowest BCUT2D eigenvalue weighted by Gasteiger charge is -2.24. The lowest BCUT2D eigenvalue weighted by atomic mass is 9.95. The average Bonchev–Trinajstić information content (AvgIpc) is 2.57. The van der Waals surface area contributed by atoms with Crippen molar-refractivity contribution in [2.24, 2.45) is 11.5 Å². The molecule has 2 unspecified atom stereocenters. The van der Waals surface area contributed by atoms with Crippen molar-refractivity contribution in [3.05, 3.63) is 0 Å². The smallest absolute Gasteiger partial charge is 0.332 e. The van der Waals surface area contributed by atoms with E-state index in [2.05, 4.69) is 4.74 Å². The molecule has 12 heteroatoms. The van der Waals surface area contributed by atoms with E-state index in [1.165, 1.54) is 6.92 Å². The fourth-order valence-corrected chi connectivity index (χ4v) is 1.40. The number of nitrogens with zero attached hydrogens (tertiary/aromatic N) is 2. The third-order valence-electron chi connectivity index (χ3n) is 3.13. The molecule has 5 N–H and O–H groups in total. The molecule has 0 aromatic carbocycles. The first kappa shape index (κ1) is 25.8. The van der Waals surface area contributed by atoms with Crippen molar-refractivity contribution in [2.45, 2.75) is 56.5 Å². The van der Waals surface area contributed by atoms with E-state index in [9.17, 15) is 27.2 Å². The molecule has 2 atom stereocenters. The summed E-state index contributed by atoms with van der Waals surface area (Å²) in [7, 11) is 0. The van der Waals surface area contributed by atoms with Crippen molar-refractivity contribution in [1.29, 1.82) is 10.5 Å². The Morgan fingerprint density at radius 1 is 1.04 bits per heavy atom. The van der Waals surface area contributed by atoms with Crippen LogP contribution in [0, 0.1) is 22.7 Å². The number of hydrogen-bond acceptors (Lipinski definition) is 7. The molecule has 0 fully saturated rings. The minimum atomic E-state index is -3.16. The standard InChI is InChI=1S/C8H12F2N2O2.C6H8F2N2O2/c1-2-14-7(13)8(12,6(9)10)4-3-5-11;7-4(8)6(10,5(11)12)2-1-3-9/h6H,2-4,12H2,1H3;4H,1-2,10H2,(H,11,12). The van der Waals surface area contributed by atoms with Crippen LogP contribution in [0.2, 0.25) is 0 Å². The van der Waals surface area contributed by atoms with E-state index in [4.69, 9.17) is 27.1 Å². The van der Waals surface area contributed by atoms with Gasteiger partial charge >= 0.3 is 11.9 Å². The summed E-state index contributed by atoms with van der Waals surface area (Å²) in [6.45, 7) is 1.48. The first-order chi connectivity index (χ1) is 11.9. The summed E-state index contributed by atoms with van der Waals surface area (Å²) < 4.78 is 53.4. The second-order valence-corrected chi connectivity index (χ2v) is 5.02. The summed E-state index contributed by atoms with van der Waals surface area (Å²) in [5, 5.41) is 24.6. The Kier molecular flexibility index (Phi) is 11.9. The molecule has 26 heavy (non-hydrogen) atoms. The Labute approximate surface area is 147 Å². The van der Waals surface area contributed by atoms with Gasteiger partial charge < -0.3 is 21.3 Å². The number of alkyl halides is 4. The summed E-state index contributed by atoms with van der Waals surface area (Å²) in [4.78, 5) is 21.3. The highest BCUT2D eigenvalue weighted by Gasteiger charge is 2.44.